The molecule has 0 fully saturated rings. The molecule has 0 bridgehead atoms. The van der Waals surface area contributed by atoms with Crippen molar-refractivity contribution < 1.29 is 4.39 Å². The second kappa shape index (κ2) is 3.21. The Morgan fingerprint density at radius 3 is 2.38 bits per heavy atom. The summed E-state index contributed by atoms with van der Waals surface area (Å²) in [6.07, 6.45) is 0. The molecule has 2 heteroatoms. The van der Waals surface area contributed by atoms with E-state index in [2.05, 4.69) is 0 Å². The highest BCUT2D eigenvalue weighted by molar-refractivity contribution is 6.55. The fourth-order valence-corrected chi connectivity index (χ4v) is 1.54. The van der Waals surface area contributed by atoms with E-state index in [1.54, 1.807) is 12.1 Å². The smallest absolute Gasteiger partial charge is 0.149 e. The van der Waals surface area contributed by atoms with E-state index >= 15 is 0 Å². The first-order valence-corrected chi connectivity index (χ1v) is 4.29. The van der Waals surface area contributed by atoms with E-state index in [0.717, 1.165) is 10.8 Å². The summed E-state index contributed by atoms with van der Waals surface area (Å²) >= 11 is 0. The topological polar surface area (TPSA) is 0 Å². The second-order valence-corrected chi connectivity index (χ2v) is 2.97. The molecule has 1 radical (unpaired) electrons. The van der Waals surface area contributed by atoms with Gasteiger partial charge in [0.25, 0.3) is 0 Å². The van der Waals surface area contributed by atoms with Crippen LogP contribution in [0.5, 0.6) is 0 Å². The Morgan fingerprint density at radius 2 is 1.69 bits per heavy atom. The first-order chi connectivity index (χ1) is 6.33. The van der Waals surface area contributed by atoms with Crippen LogP contribution in [0.2, 0.25) is 6.82 Å². The van der Waals surface area contributed by atoms with E-state index in [1.165, 1.54) is 6.07 Å². The van der Waals surface area contributed by atoms with E-state index in [0.29, 0.717) is 5.39 Å². The van der Waals surface area contributed by atoms with Crippen molar-refractivity contribution in [3.63, 3.8) is 0 Å². The van der Waals surface area contributed by atoms with Gasteiger partial charge in [0, 0.05) is 5.39 Å². The molecule has 0 atom stereocenters. The van der Waals surface area contributed by atoms with Gasteiger partial charge in [-0.3, -0.25) is 0 Å². The molecule has 0 saturated carbocycles. The van der Waals surface area contributed by atoms with Gasteiger partial charge in [-0.05, 0) is 11.5 Å². The zero-order valence-electron chi connectivity index (χ0n) is 7.42. The fourth-order valence-electron chi connectivity index (χ4n) is 1.54. The molecule has 2 aromatic rings. The van der Waals surface area contributed by atoms with Crippen molar-refractivity contribution in [3.05, 3.63) is 42.2 Å². The van der Waals surface area contributed by atoms with Gasteiger partial charge in [-0.15, -0.1) is 0 Å². The van der Waals surface area contributed by atoms with Crippen molar-refractivity contribution >= 4 is 23.5 Å². The van der Waals surface area contributed by atoms with Crippen LogP contribution in [0.4, 0.5) is 4.39 Å². The van der Waals surface area contributed by atoms with Gasteiger partial charge < -0.3 is 0 Å². The molecule has 0 heterocycles. The minimum absolute atomic E-state index is 0.152. The van der Waals surface area contributed by atoms with Gasteiger partial charge in [0.15, 0.2) is 0 Å². The van der Waals surface area contributed by atoms with Crippen LogP contribution in [-0.2, 0) is 0 Å². The largest absolute Gasteiger partial charge is 0.206 e. The Labute approximate surface area is 77.6 Å². The van der Waals surface area contributed by atoms with E-state index in [9.17, 15) is 4.39 Å². The molecule has 0 unspecified atom stereocenters. The second-order valence-electron chi connectivity index (χ2n) is 2.97. The third-order valence-corrected chi connectivity index (χ3v) is 2.22. The lowest BCUT2D eigenvalue weighted by Gasteiger charge is -2.03. The van der Waals surface area contributed by atoms with Gasteiger partial charge >= 0.3 is 0 Å². The first kappa shape index (κ1) is 8.30. The first-order valence-electron chi connectivity index (χ1n) is 4.29. The lowest BCUT2D eigenvalue weighted by atomic mass is 9.71. The summed E-state index contributed by atoms with van der Waals surface area (Å²) < 4.78 is 13.3. The van der Waals surface area contributed by atoms with Crippen LogP contribution >= 0.6 is 0 Å². The quantitative estimate of drug-likeness (QED) is 0.577. The average molecular weight is 171 g/mol. The molecule has 13 heavy (non-hydrogen) atoms. The van der Waals surface area contributed by atoms with E-state index in [1.807, 2.05) is 32.3 Å². The van der Waals surface area contributed by atoms with Gasteiger partial charge in [0.1, 0.15) is 13.1 Å². The Morgan fingerprint density at radius 1 is 1.00 bits per heavy atom. The summed E-state index contributed by atoms with van der Waals surface area (Å²) in [7, 11) is 1.99. The van der Waals surface area contributed by atoms with Crippen molar-refractivity contribution in [2.24, 2.45) is 0 Å². The van der Waals surface area contributed by atoms with Gasteiger partial charge in [0.2, 0.25) is 0 Å². The highest BCUT2D eigenvalue weighted by atomic mass is 19.1. The highest BCUT2D eigenvalue weighted by Crippen LogP contribution is 2.14. The molecule has 0 aromatic heterocycles. The molecule has 0 aliphatic heterocycles. The molecule has 2 rings (SSSR count). The third-order valence-electron chi connectivity index (χ3n) is 2.22. The maximum atomic E-state index is 13.3. The Kier molecular flexibility index (Phi) is 2.05. The minimum Gasteiger partial charge on any atom is -0.206 e. The zero-order valence-corrected chi connectivity index (χ0v) is 7.42. The number of benzene rings is 2. The fraction of sp³-hybridized carbons (Fsp3) is 0.0909. The molecule has 0 aliphatic rings. The lowest BCUT2D eigenvalue weighted by Crippen LogP contribution is -2.11. The minimum atomic E-state index is -0.152. The number of hydrogen-bond acceptors (Lipinski definition) is 0. The van der Waals surface area contributed by atoms with Crippen molar-refractivity contribution in [1.29, 1.82) is 0 Å². The van der Waals surface area contributed by atoms with Crippen LogP contribution in [0.3, 0.4) is 0 Å². The van der Waals surface area contributed by atoms with Gasteiger partial charge in [0.05, 0.1) is 0 Å². The molecule has 0 amide bonds. The van der Waals surface area contributed by atoms with Crippen molar-refractivity contribution in [3.8, 4) is 0 Å². The molecule has 63 valence electrons. The maximum Gasteiger partial charge on any atom is 0.149 e. The summed E-state index contributed by atoms with van der Waals surface area (Å²) in [6, 6.07) is 10.8. The number of halogens is 1. The predicted octanol–water partition coefficient (Wildman–Crippen LogP) is 2.36. The maximum absolute atomic E-state index is 13.3. The van der Waals surface area contributed by atoms with Crippen LogP contribution in [0.25, 0.3) is 10.8 Å². The predicted molar refractivity (Wildman–Crippen MR) is 55.2 cm³/mol. The molecule has 2 aromatic carbocycles. The van der Waals surface area contributed by atoms with Crippen LogP contribution in [0.15, 0.2) is 36.4 Å². The molecule has 0 aliphatic carbocycles. The Balaban J connectivity index is 2.84. The van der Waals surface area contributed by atoms with Gasteiger partial charge in [-0.1, -0.05) is 42.6 Å². The standard InChI is InChI=1S/C11H9BF/c1-12-10-6-7-11(13)9-5-3-2-4-8(9)10/h2-7H,1H3. The van der Waals surface area contributed by atoms with Crippen LogP contribution < -0.4 is 5.46 Å². The summed E-state index contributed by atoms with van der Waals surface area (Å²) in [5.74, 6) is -0.152. The van der Waals surface area contributed by atoms with E-state index in [4.69, 9.17) is 0 Å². The number of hydrogen-bond donors (Lipinski definition) is 0. The van der Waals surface area contributed by atoms with Crippen molar-refractivity contribution in [1.82, 2.24) is 0 Å². The van der Waals surface area contributed by atoms with Crippen molar-refractivity contribution in [2.45, 2.75) is 6.82 Å². The summed E-state index contributed by atoms with van der Waals surface area (Å²) in [6.45, 7) is 1.96. The molecule has 0 N–H and O–H groups in total. The third kappa shape index (κ3) is 1.33. The summed E-state index contributed by atoms with van der Waals surface area (Å²) in [5.41, 5.74) is 1.08. The number of fused-ring (bicyclic) bond motifs is 1. The average Bonchev–Trinajstić information content (AvgIpc) is 2.19. The van der Waals surface area contributed by atoms with Crippen LogP contribution in [-0.4, -0.2) is 7.28 Å². The Hall–Kier alpha value is -1.31. The SMILES string of the molecule is C[B]c1ccc(F)c2ccccc12. The molecule has 0 nitrogen and oxygen atoms in total. The lowest BCUT2D eigenvalue weighted by molar-refractivity contribution is 0.640. The van der Waals surface area contributed by atoms with Crippen LogP contribution in [0, 0.1) is 5.82 Å². The summed E-state index contributed by atoms with van der Waals surface area (Å²) in [5, 5.41) is 1.67. The molecule has 0 saturated heterocycles. The van der Waals surface area contributed by atoms with E-state index < -0.39 is 0 Å². The Bertz CT molecular complexity index is 437. The normalized spacial score (nSPS) is 10.3. The van der Waals surface area contributed by atoms with E-state index in [-0.39, 0.29) is 5.82 Å². The zero-order chi connectivity index (χ0) is 9.26. The molecular formula is C11H9BF. The molecule has 0 spiro atoms. The van der Waals surface area contributed by atoms with Gasteiger partial charge in [-0.2, -0.15) is 0 Å². The summed E-state index contributed by atoms with van der Waals surface area (Å²) in [4.78, 5) is 0. The number of rotatable bonds is 1. The molecular weight excluding hydrogens is 162 g/mol. The van der Waals surface area contributed by atoms with Crippen LogP contribution in [0.1, 0.15) is 0 Å². The highest BCUT2D eigenvalue weighted by Gasteiger charge is 2.02. The monoisotopic (exact) mass is 171 g/mol. The van der Waals surface area contributed by atoms with Crippen molar-refractivity contribution in [2.75, 3.05) is 0 Å². The van der Waals surface area contributed by atoms with Gasteiger partial charge in [-0.25, -0.2) is 4.39 Å².